The van der Waals surface area contributed by atoms with Gasteiger partial charge in [-0.15, -0.1) is 0 Å². The lowest BCUT2D eigenvalue weighted by molar-refractivity contribution is 0.392. The van der Waals surface area contributed by atoms with Gasteiger partial charge in [0, 0.05) is 24.1 Å². The first-order valence-electron chi connectivity index (χ1n) is 7.38. The second kappa shape index (κ2) is 6.86. The summed E-state index contributed by atoms with van der Waals surface area (Å²) in [4.78, 5) is 0.00510. The molecule has 0 aliphatic heterocycles. The van der Waals surface area contributed by atoms with Crippen molar-refractivity contribution in [1.29, 1.82) is 0 Å². The van der Waals surface area contributed by atoms with Crippen molar-refractivity contribution in [3.63, 3.8) is 0 Å². The van der Waals surface area contributed by atoms with E-state index in [1.165, 1.54) is 20.3 Å². The monoisotopic (exact) mass is 359 g/mol. The molecule has 8 heteroatoms. The highest BCUT2D eigenvalue weighted by Gasteiger charge is 2.20. The Hall–Kier alpha value is -3.00. The van der Waals surface area contributed by atoms with Crippen molar-refractivity contribution in [1.82, 2.24) is 9.78 Å². The molecule has 0 bridgehead atoms. The fourth-order valence-corrected chi connectivity index (χ4v) is 3.55. The summed E-state index contributed by atoms with van der Waals surface area (Å²) in [6.45, 7) is 0. The Kier molecular flexibility index (Phi) is 4.62. The molecule has 3 aromatic rings. The number of rotatable bonds is 6. The molecule has 0 unspecified atom stereocenters. The van der Waals surface area contributed by atoms with Crippen molar-refractivity contribution in [2.45, 2.75) is 4.90 Å². The highest BCUT2D eigenvalue weighted by atomic mass is 32.2. The van der Waals surface area contributed by atoms with Gasteiger partial charge in [-0.1, -0.05) is 0 Å². The summed E-state index contributed by atoms with van der Waals surface area (Å²) >= 11 is 0. The van der Waals surface area contributed by atoms with E-state index in [0.29, 0.717) is 11.4 Å². The number of benzene rings is 2. The summed E-state index contributed by atoms with van der Waals surface area (Å²) in [6.07, 6.45) is 3.48. The summed E-state index contributed by atoms with van der Waals surface area (Å²) in [5.41, 5.74) is 1.26. The second-order valence-electron chi connectivity index (χ2n) is 5.12. The molecule has 0 fully saturated rings. The van der Waals surface area contributed by atoms with Crippen molar-refractivity contribution in [3.05, 3.63) is 60.9 Å². The maximum Gasteiger partial charge on any atom is 0.265 e. The van der Waals surface area contributed by atoms with Crippen molar-refractivity contribution in [3.8, 4) is 17.2 Å². The van der Waals surface area contributed by atoms with Crippen LogP contribution in [0.3, 0.4) is 0 Å². The minimum atomic E-state index is -3.83. The topological polar surface area (TPSA) is 82.5 Å². The van der Waals surface area contributed by atoms with Gasteiger partial charge in [-0.2, -0.15) is 5.10 Å². The Labute approximate surface area is 145 Å². The van der Waals surface area contributed by atoms with Gasteiger partial charge in [-0.05, 0) is 42.5 Å². The van der Waals surface area contributed by atoms with Crippen LogP contribution in [-0.4, -0.2) is 32.4 Å². The van der Waals surface area contributed by atoms with E-state index in [4.69, 9.17) is 9.47 Å². The van der Waals surface area contributed by atoms with Crippen molar-refractivity contribution >= 4 is 15.7 Å². The molecule has 1 N–H and O–H groups in total. The van der Waals surface area contributed by atoms with Gasteiger partial charge in [0.05, 0.1) is 19.9 Å². The summed E-state index contributed by atoms with van der Waals surface area (Å²) in [5.74, 6) is 0.664. The highest BCUT2D eigenvalue weighted by Crippen LogP contribution is 2.29. The first-order chi connectivity index (χ1) is 12.0. The number of hydrogen-bond donors (Lipinski definition) is 1. The van der Waals surface area contributed by atoms with Gasteiger partial charge in [-0.3, -0.25) is 4.72 Å². The molecule has 0 saturated carbocycles. The molecule has 0 aliphatic rings. The molecule has 1 aromatic heterocycles. The van der Waals surface area contributed by atoms with Crippen molar-refractivity contribution in [2.75, 3.05) is 18.9 Å². The zero-order valence-corrected chi connectivity index (χ0v) is 14.5. The lowest BCUT2D eigenvalue weighted by atomic mass is 10.3. The molecular formula is C17H17N3O4S. The molecule has 2 aromatic carbocycles. The van der Waals surface area contributed by atoms with E-state index in [2.05, 4.69) is 9.82 Å². The smallest absolute Gasteiger partial charge is 0.265 e. The van der Waals surface area contributed by atoms with Crippen LogP contribution < -0.4 is 14.2 Å². The Morgan fingerprint density at radius 3 is 2.40 bits per heavy atom. The molecule has 0 aliphatic carbocycles. The number of anilines is 1. The normalized spacial score (nSPS) is 11.1. The Bertz CT molecular complexity index is 952. The van der Waals surface area contributed by atoms with Crippen LogP contribution in [0.15, 0.2) is 65.8 Å². The standard InChI is InChI=1S/C17H17N3O4S/c1-23-15-8-9-16(24-2)17(12-15)25(21,22)19-13-4-6-14(7-5-13)20-11-3-10-18-20/h3-12,19H,1-2H3. The average molecular weight is 359 g/mol. The number of nitrogens with one attached hydrogen (secondary N) is 1. The third-order valence-corrected chi connectivity index (χ3v) is 4.95. The van der Waals surface area contributed by atoms with Crippen molar-refractivity contribution in [2.24, 2.45) is 0 Å². The number of hydrogen-bond acceptors (Lipinski definition) is 5. The molecule has 1 heterocycles. The number of nitrogens with zero attached hydrogens (tertiary/aromatic N) is 2. The molecule has 25 heavy (non-hydrogen) atoms. The predicted molar refractivity (Wildman–Crippen MR) is 93.9 cm³/mol. The fraction of sp³-hybridized carbons (Fsp3) is 0.118. The molecule has 0 saturated heterocycles. The summed E-state index contributed by atoms with van der Waals surface area (Å²) < 4.78 is 39.9. The molecule has 7 nitrogen and oxygen atoms in total. The van der Waals surface area contributed by atoms with Crippen LogP contribution in [0, 0.1) is 0 Å². The van der Waals surface area contributed by atoms with Crippen LogP contribution in [0.2, 0.25) is 0 Å². The van der Waals surface area contributed by atoms with Gasteiger partial charge in [0.2, 0.25) is 0 Å². The Morgan fingerprint density at radius 2 is 1.80 bits per heavy atom. The zero-order chi connectivity index (χ0) is 17.9. The van der Waals surface area contributed by atoms with Crippen LogP contribution in [0.25, 0.3) is 5.69 Å². The largest absolute Gasteiger partial charge is 0.497 e. The number of aromatic nitrogens is 2. The molecular weight excluding hydrogens is 342 g/mol. The second-order valence-corrected chi connectivity index (χ2v) is 6.77. The minimum Gasteiger partial charge on any atom is -0.497 e. The van der Waals surface area contributed by atoms with Gasteiger partial charge in [0.15, 0.2) is 0 Å². The van der Waals surface area contributed by atoms with E-state index in [-0.39, 0.29) is 10.6 Å². The summed E-state index contributed by atoms with van der Waals surface area (Å²) in [5, 5.41) is 4.13. The van der Waals surface area contributed by atoms with Gasteiger partial charge in [-0.25, -0.2) is 13.1 Å². The molecule has 0 spiro atoms. The molecule has 0 radical (unpaired) electrons. The van der Waals surface area contributed by atoms with Crippen LogP contribution in [-0.2, 0) is 10.0 Å². The fourth-order valence-electron chi connectivity index (χ4n) is 2.31. The Balaban J connectivity index is 1.89. The van der Waals surface area contributed by atoms with E-state index in [1.807, 2.05) is 6.07 Å². The molecule has 130 valence electrons. The van der Waals surface area contributed by atoms with Gasteiger partial charge in [0.25, 0.3) is 10.0 Å². The van der Waals surface area contributed by atoms with E-state index in [1.54, 1.807) is 53.5 Å². The minimum absolute atomic E-state index is 0.00510. The Morgan fingerprint density at radius 1 is 1.04 bits per heavy atom. The third kappa shape index (κ3) is 3.58. The zero-order valence-electron chi connectivity index (χ0n) is 13.7. The summed E-state index contributed by atoms with van der Waals surface area (Å²) in [7, 11) is -0.945. The van der Waals surface area contributed by atoms with Gasteiger partial charge in [0.1, 0.15) is 16.4 Å². The van der Waals surface area contributed by atoms with Gasteiger partial charge < -0.3 is 9.47 Å². The van der Waals surface area contributed by atoms with Crippen LogP contribution >= 0.6 is 0 Å². The average Bonchev–Trinajstić information content (AvgIpc) is 3.16. The molecule has 3 rings (SSSR count). The maximum atomic E-state index is 12.7. The lowest BCUT2D eigenvalue weighted by Gasteiger charge is -2.13. The molecule has 0 atom stereocenters. The first-order valence-corrected chi connectivity index (χ1v) is 8.87. The SMILES string of the molecule is COc1ccc(OC)c(S(=O)(=O)Nc2ccc(-n3cccn3)cc2)c1. The number of methoxy groups -OCH3 is 2. The first kappa shape index (κ1) is 16.8. The predicted octanol–water partition coefficient (Wildman–Crippen LogP) is 2.69. The highest BCUT2D eigenvalue weighted by molar-refractivity contribution is 7.92. The quantitative estimate of drug-likeness (QED) is 0.732. The van der Waals surface area contributed by atoms with Crippen LogP contribution in [0.1, 0.15) is 0 Å². The van der Waals surface area contributed by atoms with Crippen molar-refractivity contribution < 1.29 is 17.9 Å². The maximum absolute atomic E-state index is 12.7. The lowest BCUT2D eigenvalue weighted by Crippen LogP contribution is -2.14. The van der Waals surface area contributed by atoms with E-state index < -0.39 is 10.0 Å². The van der Waals surface area contributed by atoms with E-state index in [0.717, 1.165) is 5.69 Å². The van der Waals surface area contributed by atoms with Crippen LogP contribution in [0.4, 0.5) is 5.69 Å². The van der Waals surface area contributed by atoms with Gasteiger partial charge >= 0.3 is 0 Å². The third-order valence-electron chi connectivity index (χ3n) is 3.55. The van der Waals surface area contributed by atoms with Crippen LogP contribution in [0.5, 0.6) is 11.5 Å². The van der Waals surface area contributed by atoms with E-state index >= 15 is 0 Å². The molecule has 0 amide bonds. The number of ether oxygens (including phenoxy) is 2. The summed E-state index contributed by atoms with van der Waals surface area (Å²) in [6, 6.07) is 13.3. The van der Waals surface area contributed by atoms with E-state index in [9.17, 15) is 8.42 Å². The number of sulfonamides is 1.